The number of aryl methyl sites for hydroxylation is 2. The molecule has 1 atom stereocenters. The number of nitrogens with zero attached hydrogens (tertiary/aromatic N) is 3. The number of fused-ring (bicyclic) bond motifs is 1. The van der Waals surface area contributed by atoms with E-state index in [4.69, 9.17) is 4.42 Å². The molecule has 0 fully saturated rings. The number of pyridine rings is 1. The Labute approximate surface area is 117 Å². The minimum absolute atomic E-state index is 0.275. The molecule has 0 aliphatic heterocycles. The van der Waals surface area contributed by atoms with Crippen molar-refractivity contribution in [3.63, 3.8) is 0 Å². The van der Waals surface area contributed by atoms with Gasteiger partial charge in [-0.05, 0) is 32.0 Å². The Morgan fingerprint density at radius 2 is 2.30 bits per heavy atom. The third-order valence-corrected chi connectivity index (χ3v) is 3.36. The van der Waals surface area contributed by atoms with Gasteiger partial charge in [0.15, 0.2) is 5.65 Å². The van der Waals surface area contributed by atoms with Crippen LogP contribution in [0.25, 0.3) is 11.0 Å². The molecule has 0 aliphatic carbocycles. The van der Waals surface area contributed by atoms with E-state index in [0.717, 1.165) is 34.6 Å². The van der Waals surface area contributed by atoms with Crippen molar-refractivity contribution in [3.8, 4) is 0 Å². The molecule has 20 heavy (non-hydrogen) atoms. The summed E-state index contributed by atoms with van der Waals surface area (Å²) in [4.78, 5) is 4.47. The molecule has 0 bridgehead atoms. The number of rotatable bonds is 4. The van der Waals surface area contributed by atoms with E-state index in [1.165, 1.54) is 0 Å². The highest BCUT2D eigenvalue weighted by atomic mass is 16.3. The Morgan fingerprint density at radius 1 is 1.45 bits per heavy atom. The van der Waals surface area contributed by atoms with E-state index < -0.39 is 0 Å². The lowest BCUT2D eigenvalue weighted by atomic mass is 10.2. The molecule has 0 saturated carbocycles. The first kappa shape index (κ1) is 12.7. The van der Waals surface area contributed by atoms with Crippen LogP contribution in [0.15, 0.2) is 35.1 Å². The predicted molar refractivity (Wildman–Crippen MR) is 78.7 cm³/mol. The fourth-order valence-corrected chi connectivity index (χ4v) is 2.45. The maximum absolute atomic E-state index is 5.37. The molecule has 5 nitrogen and oxygen atoms in total. The fourth-order valence-electron chi connectivity index (χ4n) is 2.45. The number of hydrogen-bond acceptors (Lipinski definition) is 4. The molecular weight excluding hydrogens is 252 g/mol. The van der Waals surface area contributed by atoms with Gasteiger partial charge in [-0.25, -0.2) is 4.98 Å². The van der Waals surface area contributed by atoms with Gasteiger partial charge in [0.25, 0.3) is 0 Å². The molecule has 1 unspecified atom stereocenters. The van der Waals surface area contributed by atoms with Crippen molar-refractivity contribution < 1.29 is 4.42 Å². The van der Waals surface area contributed by atoms with E-state index in [2.05, 4.69) is 28.4 Å². The number of aromatic nitrogens is 3. The van der Waals surface area contributed by atoms with E-state index in [0.29, 0.717) is 0 Å². The highest BCUT2D eigenvalue weighted by Crippen LogP contribution is 2.20. The number of hydrogen-bond donors (Lipinski definition) is 1. The zero-order chi connectivity index (χ0) is 14.1. The normalized spacial score (nSPS) is 12.8. The van der Waals surface area contributed by atoms with E-state index >= 15 is 0 Å². The second kappa shape index (κ2) is 5.00. The first-order valence-electron chi connectivity index (χ1n) is 6.72. The lowest BCUT2D eigenvalue weighted by Gasteiger charge is -2.13. The van der Waals surface area contributed by atoms with Crippen LogP contribution in [0, 0.1) is 6.92 Å². The second-order valence-electron chi connectivity index (χ2n) is 5.13. The average molecular weight is 270 g/mol. The summed E-state index contributed by atoms with van der Waals surface area (Å²) in [7, 11) is 1.91. The lowest BCUT2D eigenvalue weighted by Crippen LogP contribution is -2.17. The summed E-state index contributed by atoms with van der Waals surface area (Å²) >= 11 is 0. The summed E-state index contributed by atoms with van der Waals surface area (Å²) in [6.07, 6.45) is 4.40. The summed E-state index contributed by atoms with van der Waals surface area (Å²) in [5, 5.41) is 8.92. The van der Waals surface area contributed by atoms with Crippen molar-refractivity contribution in [2.75, 3.05) is 5.32 Å². The molecular formula is C15H18N4O. The molecule has 3 aromatic rings. The van der Waals surface area contributed by atoms with Gasteiger partial charge in [-0.1, -0.05) is 0 Å². The smallest absolute Gasteiger partial charge is 0.157 e. The van der Waals surface area contributed by atoms with Crippen LogP contribution in [0.2, 0.25) is 0 Å². The van der Waals surface area contributed by atoms with E-state index in [1.807, 2.05) is 32.3 Å². The summed E-state index contributed by atoms with van der Waals surface area (Å²) in [6.45, 7) is 4.13. The molecule has 0 spiro atoms. The minimum atomic E-state index is 0.275. The first-order valence-corrected chi connectivity index (χ1v) is 6.72. The molecule has 3 rings (SSSR count). The third kappa shape index (κ3) is 2.39. The van der Waals surface area contributed by atoms with Crippen LogP contribution in [0.3, 0.4) is 0 Å². The van der Waals surface area contributed by atoms with Crippen LogP contribution in [0.4, 0.5) is 5.69 Å². The molecule has 0 aromatic carbocycles. The van der Waals surface area contributed by atoms with Gasteiger partial charge in [-0.15, -0.1) is 0 Å². The molecule has 104 valence electrons. The number of furan rings is 1. The van der Waals surface area contributed by atoms with Crippen molar-refractivity contribution >= 4 is 16.7 Å². The van der Waals surface area contributed by atoms with Crippen molar-refractivity contribution in [2.45, 2.75) is 26.3 Å². The Hall–Kier alpha value is -2.30. The van der Waals surface area contributed by atoms with Gasteiger partial charge in [-0.3, -0.25) is 4.68 Å². The highest BCUT2D eigenvalue weighted by Gasteiger charge is 2.09. The Kier molecular flexibility index (Phi) is 3.18. The summed E-state index contributed by atoms with van der Waals surface area (Å²) < 4.78 is 7.17. The van der Waals surface area contributed by atoms with E-state index in [1.54, 1.807) is 10.9 Å². The second-order valence-corrected chi connectivity index (χ2v) is 5.13. The van der Waals surface area contributed by atoms with Gasteiger partial charge in [0.05, 0.1) is 23.8 Å². The van der Waals surface area contributed by atoms with Crippen molar-refractivity contribution in [1.82, 2.24) is 14.8 Å². The third-order valence-electron chi connectivity index (χ3n) is 3.36. The minimum Gasteiger partial charge on any atom is -0.469 e. The van der Waals surface area contributed by atoms with Crippen LogP contribution in [-0.4, -0.2) is 20.8 Å². The van der Waals surface area contributed by atoms with E-state index in [9.17, 15) is 0 Å². The van der Waals surface area contributed by atoms with E-state index in [-0.39, 0.29) is 6.04 Å². The summed E-state index contributed by atoms with van der Waals surface area (Å²) in [6, 6.07) is 6.28. The van der Waals surface area contributed by atoms with Crippen LogP contribution >= 0.6 is 0 Å². The fraction of sp³-hybridized carbons (Fsp3) is 0.333. The monoisotopic (exact) mass is 270 g/mol. The maximum atomic E-state index is 5.37. The number of nitrogens with one attached hydrogen (secondary N) is 1. The SMILES string of the molecule is Cc1nn(C)c2ncc(NC(C)Cc3ccco3)cc12. The molecule has 3 heterocycles. The van der Waals surface area contributed by atoms with Gasteiger partial charge >= 0.3 is 0 Å². The number of anilines is 1. The highest BCUT2D eigenvalue weighted by molar-refractivity contribution is 5.81. The zero-order valence-electron chi connectivity index (χ0n) is 11.9. The molecule has 0 amide bonds. The van der Waals surface area contributed by atoms with Crippen LogP contribution in [0.5, 0.6) is 0 Å². The Bertz CT molecular complexity index is 715. The van der Waals surface area contributed by atoms with Gasteiger partial charge in [0.2, 0.25) is 0 Å². The molecule has 0 radical (unpaired) electrons. The zero-order valence-corrected chi connectivity index (χ0v) is 11.9. The topological polar surface area (TPSA) is 55.9 Å². The first-order chi connectivity index (χ1) is 9.63. The quantitative estimate of drug-likeness (QED) is 0.792. The molecule has 0 aliphatic rings. The van der Waals surface area contributed by atoms with Crippen molar-refractivity contribution in [2.24, 2.45) is 7.05 Å². The Morgan fingerprint density at radius 3 is 3.05 bits per heavy atom. The standard InChI is InChI=1S/C15H18N4O/c1-10(7-13-5-4-6-20-13)17-12-8-14-11(2)18-19(3)15(14)16-9-12/h4-6,8-10,17H,7H2,1-3H3. The lowest BCUT2D eigenvalue weighted by molar-refractivity contribution is 0.498. The largest absolute Gasteiger partial charge is 0.469 e. The Balaban J connectivity index is 1.78. The van der Waals surface area contributed by atoms with Gasteiger partial charge in [-0.2, -0.15) is 5.10 Å². The van der Waals surface area contributed by atoms with Crippen LogP contribution in [-0.2, 0) is 13.5 Å². The van der Waals surface area contributed by atoms with Crippen LogP contribution in [0.1, 0.15) is 18.4 Å². The van der Waals surface area contributed by atoms with Gasteiger partial charge in [0.1, 0.15) is 5.76 Å². The predicted octanol–water partition coefficient (Wildman–Crippen LogP) is 2.91. The van der Waals surface area contributed by atoms with Crippen LogP contribution < -0.4 is 5.32 Å². The van der Waals surface area contributed by atoms with Gasteiger partial charge in [0, 0.05) is 24.9 Å². The molecule has 3 aromatic heterocycles. The molecule has 1 N–H and O–H groups in total. The summed E-state index contributed by atoms with van der Waals surface area (Å²) in [5.74, 6) is 0.983. The average Bonchev–Trinajstić information content (AvgIpc) is 2.99. The van der Waals surface area contributed by atoms with Gasteiger partial charge < -0.3 is 9.73 Å². The van der Waals surface area contributed by atoms with Crippen molar-refractivity contribution in [3.05, 3.63) is 42.1 Å². The molecule has 5 heteroatoms. The van der Waals surface area contributed by atoms with Crippen molar-refractivity contribution in [1.29, 1.82) is 0 Å². The summed E-state index contributed by atoms with van der Waals surface area (Å²) in [5.41, 5.74) is 2.91. The maximum Gasteiger partial charge on any atom is 0.157 e. The molecule has 0 saturated heterocycles.